The third kappa shape index (κ3) is 5.47. The van der Waals surface area contributed by atoms with E-state index in [1.165, 1.54) is 0 Å². The second kappa shape index (κ2) is 9.75. The molecule has 6 nitrogen and oxygen atoms in total. The smallest absolute Gasteiger partial charge is 0.342 e. The molecule has 3 aromatic rings. The van der Waals surface area contributed by atoms with Gasteiger partial charge in [-0.05, 0) is 35.9 Å². The van der Waals surface area contributed by atoms with Crippen LogP contribution in [0.4, 0.5) is 0 Å². The molecule has 1 heterocycles. The van der Waals surface area contributed by atoms with E-state index in [1.807, 2.05) is 61.5 Å². The molecule has 0 aliphatic rings. The number of aryl methyl sites for hydroxylation is 1. The monoisotopic (exact) mass is 395 g/mol. The lowest BCUT2D eigenvalue weighted by molar-refractivity contribution is -0.131. The number of aliphatic carboxylic acids is 1. The molecule has 0 atom stereocenters. The number of benzene rings is 2. The maximum absolute atomic E-state index is 11.7. The Morgan fingerprint density at radius 3 is 2.68 bits per heavy atom. The van der Waals surface area contributed by atoms with Crippen molar-refractivity contribution in [3.8, 4) is 5.75 Å². The minimum absolute atomic E-state index is 0.123. The molecule has 1 aromatic heterocycles. The fourth-order valence-corrected chi connectivity index (χ4v) is 3.23. The van der Waals surface area contributed by atoms with E-state index in [4.69, 9.17) is 4.74 Å². The van der Waals surface area contributed by atoms with Crippen LogP contribution in [0.15, 0.2) is 64.7 Å². The average molecular weight is 395 g/mol. The Morgan fingerprint density at radius 2 is 1.93 bits per heavy atom. The molecule has 7 heteroatoms. The highest BCUT2D eigenvalue weighted by molar-refractivity contribution is 8.04. The minimum atomic E-state index is -1.04. The molecule has 28 heavy (non-hydrogen) atoms. The number of aromatic amines is 1. The van der Waals surface area contributed by atoms with Crippen LogP contribution in [-0.4, -0.2) is 26.3 Å². The number of carboxylic acids is 1. The number of para-hydroxylation sites is 1. The number of rotatable bonds is 9. The number of thioether (sulfide) groups is 1. The van der Waals surface area contributed by atoms with Gasteiger partial charge in [-0.3, -0.25) is 5.10 Å². The summed E-state index contributed by atoms with van der Waals surface area (Å²) >= 11 is 1.01. The number of aromatic nitrogens is 3. The van der Waals surface area contributed by atoms with Crippen LogP contribution in [0.5, 0.6) is 5.75 Å². The first-order chi connectivity index (χ1) is 13.7. The van der Waals surface area contributed by atoms with E-state index < -0.39 is 5.97 Å². The van der Waals surface area contributed by atoms with Crippen LogP contribution in [0.1, 0.15) is 30.3 Å². The number of nitrogens with zero attached hydrogens (tertiary/aromatic N) is 2. The van der Waals surface area contributed by atoms with E-state index >= 15 is 0 Å². The van der Waals surface area contributed by atoms with Gasteiger partial charge in [0, 0.05) is 12.0 Å². The Hall–Kier alpha value is -3.06. The van der Waals surface area contributed by atoms with Gasteiger partial charge in [-0.1, -0.05) is 55.5 Å². The van der Waals surface area contributed by atoms with Crippen LogP contribution in [0.25, 0.3) is 6.08 Å². The highest BCUT2D eigenvalue weighted by atomic mass is 32.2. The van der Waals surface area contributed by atoms with Gasteiger partial charge in [0.2, 0.25) is 5.16 Å². The number of hydrogen-bond donors (Lipinski definition) is 2. The Bertz CT molecular complexity index is 954. The molecular weight excluding hydrogens is 374 g/mol. The van der Waals surface area contributed by atoms with Crippen molar-refractivity contribution in [3.63, 3.8) is 0 Å². The minimum Gasteiger partial charge on any atom is -0.488 e. The van der Waals surface area contributed by atoms with Crippen molar-refractivity contribution in [3.05, 3.63) is 76.5 Å². The summed E-state index contributed by atoms with van der Waals surface area (Å²) in [6, 6.07) is 17.2. The zero-order valence-electron chi connectivity index (χ0n) is 15.5. The molecular formula is C21H21N3O3S. The number of hydrogen-bond acceptors (Lipinski definition) is 5. The van der Waals surface area contributed by atoms with Crippen molar-refractivity contribution < 1.29 is 14.6 Å². The highest BCUT2D eigenvalue weighted by Crippen LogP contribution is 2.29. The summed E-state index contributed by atoms with van der Waals surface area (Å²) in [4.78, 5) is 16.2. The van der Waals surface area contributed by atoms with E-state index in [0.29, 0.717) is 23.1 Å². The number of carboxylic acid groups (broad SMARTS) is 1. The van der Waals surface area contributed by atoms with Crippen LogP contribution in [0.3, 0.4) is 0 Å². The predicted molar refractivity (Wildman–Crippen MR) is 109 cm³/mol. The van der Waals surface area contributed by atoms with Gasteiger partial charge in [-0.25, -0.2) is 9.78 Å². The summed E-state index contributed by atoms with van der Waals surface area (Å²) in [6.07, 6.45) is 3.30. The molecule has 0 aliphatic heterocycles. The van der Waals surface area contributed by atoms with Crippen molar-refractivity contribution in [2.45, 2.75) is 31.5 Å². The first-order valence-corrected chi connectivity index (χ1v) is 9.77. The summed E-state index contributed by atoms with van der Waals surface area (Å²) in [5.41, 5.74) is 1.73. The number of H-pyrrole nitrogens is 1. The third-order valence-corrected chi connectivity index (χ3v) is 4.73. The first kappa shape index (κ1) is 19.7. The molecule has 0 radical (unpaired) electrons. The second-order valence-corrected chi connectivity index (χ2v) is 7.05. The molecule has 0 amide bonds. The first-order valence-electron chi connectivity index (χ1n) is 8.95. The van der Waals surface area contributed by atoms with Gasteiger partial charge in [0.1, 0.15) is 23.1 Å². The molecule has 3 rings (SSSR count). The van der Waals surface area contributed by atoms with Crippen molar-refractivity contribution in [1.29, 1.82) is 0 Å². The summed E-state index contributed by atoms with van der Waals surface area (Å²) in [5.74, 6) is 0.332. The molecule has 0 saturated carbocycles. The lowest BCUT2D eigenvalue weighted by Crippen LogP contribution is -1.99. The van der Waals surface area contributed by atoms with Crippen molar-refractivity contribution in [2.75, 3.05) is 0 Å². The SMILES string of the molecule is CCCc1nc(S/C(=C/c2ccccc2OCc2ccccc2)C(=O)O)n[nH]1. The molecule has 0 unspecified atom stereocenters. The molecule has 0 saturated heterocycles. The van der Waals surface area contributed by atoms with Gasteiger partial charge in [-0.15, -0.1) is 5.10 Å². The Balaban J connectivity index is 1.79. The molecule has 144 valence electrons. The molecule has 2 aromatic carbocycles. The number of carbonyl (C=O) groups is 1. The van der Waals surface area contributed by atoms with Gasteiger partial charge < -0.3 is 9.84 Å². The number of nitrogens with one attached hydrogen (secondary N) is 1. The normalized spacial score (nSPS) is 11.4. The Kier molecular flexibility index (Phi) is 6.86. The average Bonchev–Trinajstić information content (AvgIpc) is 3.15. The maximum Gasteiger partial charge on any atom is 0.342 e. The van der Waals surface area contributed by atoms with Gasteiger partial charge in [0.25, 0.3) is 0 Å². The van der Waals surface area contributed by atoms with Crippen molar-refractivity contribution in [2.24, 2.45) is 0 Å². The van der Waals surface area contributed by atoms with Gasteiger partial charge in [0.05, 0.1) is 0 Å². The highest BCUT2D eigenvalue weighted by Gasteiger charge is 2.15. The summed E-state index contributed by atoms with van der Waals surface area (Å²) in [5, 5.41) is 16.9. The van der Waals surface area contributed by atoms with E-state index in [2.05, 4.69) is 15.2 Å². The maximum atomic E-state index is 11.7. The molecule has 2 N–H and O–H groups in total. The van der Waals surface area contributed by atoms with Crippen LogP contribution >= 0.6 is 11.8 Å². The fraction of sp³-hybridized carbons (Fsp3) is 0.190. The van der Waals surface area contributed by atoms with E-state index in [0.717, 1.165) is 36.0 Å². The lowest BCUT2D eigenvalue weighted by Gasteiger charge is -2.10. The van der Waals surface area contributed by atoms with Crippen LogP contribution < -0.4 is 4.74 Å². The van der Waals surface area contributed by atoms with E-state index in [9.17, 15) is 9.90 Å². The lowest BCUT2D eigenvalue weighted by atomic mass is 10.2. The van der Waals surface area contributed by atoms with Gasteiger partial charge in [-0.2, -0.15) is 0 Å². The fourth-order valence-electron chi connectivity index (χ4n) is 2.51. The standard InChI is InChI=1S/C21H21N3O3S/c1-2-8-19-22-21(24-23-19)28-18(20(25)26)13-16-11-6-7-12-17(16)27-14-15-9-4-3-5-10-15/h3-7,9-13H,2,8,14H2,1H3,(H,25,26)(H,22,23,24)/b18-13+. The second-order valence-electron chi connectivity index (χ2n) is 6.04. The Labute approximate surface area is 167 Å². The van der Waals surface area contributed by atoms with Gasteiger partial charge >= 0.3 is 5.97 Å². The topological polar surface area (TPSA) is 88.1 Å². The summed E-state index contributed by atoms with van der Waals surface area (Å²) in [7, 11) is 0. The van der Waals surface area contributed by atoms with Crippen LogP contribution in [0.2, 0.25) is 0 Å². The quantitative estimate of drug-likeness (QED) is 0.408. The number of ether oxygens (including phenoxy) is 1. The van der Waals surface area contributed by atoms with Crippen molar-refractivity contribution in [1.82, 2.24) is 15.2 Å². The Morgan fingerprint density at radius 1 is 1.18 bits per heavy atom. The summed E-state index contributed by atoms with van der Waals surface area (Å²) in [6.45, 7) is 2.45. The predicted octanol–water partition coefficient (Wildman–Crippen LogP) is 4.55. The van der Waals surface area contributed by atoms with Crippen LogP contribution in [-0.2, 0) is 17.8 Å². The largest absolute Gasteiger partial charge is 0.488 e. The molecule has 0 fully saturated rings. The molecule has 0 spiro atoms. The molecule has 0 aliphatic carbocycles. The van der Waals surface area contributed by atoms with Gasteiger partial charge in [0.15, 0.2) is 0 Å². The zero-order valence-corrected chi connectivity index (χ0v) is 16.3. The third-order valence-electron chi connectivity index (χ3n) is 3.85. The van der Waals surface area contributed by atoms with E-state index in [-0.39, 0.29) is 4.91 Å². The summed E-state index contributed by atoms with van der Waals surface area (Å²) < 4.78 is 5.91. The van der Waals surface area contributed by atoms with Crippen LogP contribution in [0, 0.1) is 0 Å². The van der Waals surface area contributed by atoms with Crippen molar-refractivity contribution >= 4 is 23.8 Å². The van der Waals surface area contributed by atoms with E-state index in [1.54, 1.807) is 6.08 Å². The zero-order chi connectivity index (χ0) is 19.8. The molecule has 0 bridgehead atoms.